The maximum atomic E-state index is 14.1. The number of amides is 2. The van der Waals surface area contributed by atoms with Crippen molar-refractivity contribution in [3.05, 3.63) is 89.5 Å². The molecule has 2 N–H and O–H groups in total. The molecule has 3 atom stereocenters. The van der Waals surface area contributed by atoms with Crippen LogP contribution in [0.3, 0.4) is 0 Å². The average Bonchev–Trinajstić information content (AvgIpc) is 3.97. The maximum absolute atomic E-state index is 14.1. The molecule has 3 aliphatic rings. The number of piperazine rings is 1. The van der Waals surface area contributed by atoms with E-state index in [2.05, 4.69) is 55.5 Å². The molecule has 2 unspecified atom stereocenters. The van der Waals surface area contributed by atoms with Gasteiger partial charge in [0.05, 0.1) is 13.2 Å². The molecule has 9 heteroatoms. The van der Waals surface area contributed by atoms with E-state index < -0.39 is 5.97 Å². The number of nitrogens with zero attached hydrogens (tertiary/aromatic N) is 2. The summed E-state index contributed by atoms with van der Waals surface area (Å²) in [4.78, 5) is 56.3. The Morgan fingerprint density at radius 1 is 0.920 bits per heavy atom. The predicted molar refractivity (Wildman–Crippen MR) is 196 cm³/mol. The fourth-order valence-corrected chi connectivity index (χ4v) is 7.51. The SMILES string of the molecule is COC(=O)/C=C/C(=O)C1CCCC(NC(=O)CCc2ccc(N3CCN(CC4CC4)CC3)cc2C(=O)N[C@H](C)c2cccc3ccccc23)C1. The number of ketones is 1. The normalized spacial score (nSPS) is 20.4. The molecular formula is C41H50N4O5. The first-order valence-electron chi connectivity index (χ1n) is 18.3. The number of carbonyl (C=O) groups excluding carboxylic acids is 4. The fourth-order valence-electron chi connectivity index (χ4n) is 7.51. The number of esters is 1. The summed E-state index contributed by atoms with van der Waals surface area (Å²) in [6.45, 7) is 7.10. The van der Waals surface area contributed by atoms with E-state index in [1.165, 1.54) is 32.6 Å². The third-order valence-corrected chi connectivity index (χ3v) is 10.6. The molecule has 6 rings (SSSR count). The van der Waals surface area contributed by atoms with E-state index in [0.29, 0.717) is 18.4 Å². The summed E-state index contributed by atoms with van der Waals surface area (Å²) in [5.41, 5.74) is 3.53. The van der Waals surface area contributed by atoms with Crippen molar-refractivity contribution in [3.63, 3.8) is 0 Å². The van der Waals surface area contributed by atoms with Gasteiger partial charge in [0.1, 0.15) is 0 Å². The lowest BCUT2D eigenvalue weighted by Gasteiger charge is -2.36. The van der Waals surface area contributed by atoms with Gasteiger partial charge in [-0.25, -0.2) is 4.79 Å². The van der Waals surface area contributed by atoms with Crippen molar-refractivity contribution < 1.29 is 23.9 Å². The lowest BCUT2D eigenvalue weighted by Crippen LogP contribution is -2.47. The molecule has 2 amide bonds. The molecule has 1 aliphatic heterocycles. The van der Waals surface area contributed by atoms with E-state index in [4.69, 9.17) is 0 Å². The summed E-state index contributed by atoms with van der Waals surface area (Å²) >= 11 is 0. The van der Waals surface area contributed by atoms with E-state index in [1.54, 1.807) is 0 Å². The van der Waals surface area contributed by atoms with Gasteiger partial charge in [-0.1, -0.05) is 55.0 Å². The van der Waals surface area contributed by atoms with Crippen LogP contribution in [0.2, 0.25) is 0 Å². The lowest BCUT2D eigenvalue weighted by atomic mass is 9.83. The molecule has 0 spiro atoms. The number of allylic oxidation sites excluding steroid dienone is 1. The highest BCUT2D eigenvalue weighted by Crippen LogP contribution is 2.31. The topological polar surface area (TPSA) is 108 Å². The Hall–Kier alpha value is -4.50. The second-order valence-corrected chi connectivity index (χ2v) is 14.2. The zero-order chi connectivity index (χ0) is 35.0. The molecular weight excluding hydrogens is 628 g/mol. The molecule has 2 aliphatic carbocycles. The molecule has 9 nitrogen and oxygen atoms in total. The van der Waals surface area contributed by atoms with Crippen LogP contribution in [-0.2, 0) is 25.5 Å². The highest BCUT2D eigenvalue weighted by molar-refractivity contribution is 5.98. The van der Waals surface area contributed by atoms with Gasteiger partial charge in [-0.05, 0) is 91.5 Å². The molecule has 0 aromatic heterocycles. The summed E-state index contributed by atoms with van der Waals surface area (Å²) in [5, 5.41) is 8.65. The van der Waals surface area contributed by atoms with Crippen LogP contribution in [0.5, 0.6) is 0 Å². The molecule has 0 radical (unpaired) electrons. The Bertz CT molecular complexity index is 1720. The zero-order valence-corrected chi connectivity index (χ0v) is 29.4. The third kappa shape index (κ3) is 9.18. The van der Waals surface area contributed by atoms with Crippen LogP contribution in [0.15, 0.2) is 72.8 Å². The number of fused-ring (bicyclic) bond motifs is 1. The zero-order valence-electron chi connectivity index (χ0n) is 29.4. The quantitative estimate of drug-likeness (QED) is 0.175. The number of methoxy groups -OCH3 is 1. The van der Waals surface area contributed by atoms with Gasteiger partial charge in [0, 0.05) is 68.4 Å². The van der Waals surface area contributed by atoms with Crippen molar-refractivity contribution >= 4 is 40.0 Å². The van der Waals surface area contributed by atoms with E-state index in [0.717, 1.165) is 85.0 Å². The largest absolute Gasteiger partial charge is 0.466 e. The van der Waals surface area contributed by atoms with E-state index in [9.17, 15) is 19.2 Å². The van der Waals surface area contributed by atoms with Crippen molar-refractivity contribution in [2.24, 2.45) is 11.8 Å². The van der Waals surface area contributed by atoms with Gasteiger partial charge in [0.25, 0.3) is 5.91 Å². The number of rotatable bonds is 13. The van der Waals surface area contributed by atoms with Crippen molar-refractivity contribution in [2.75, 3.05) is 44.7 Å². The number of hydrogen-bond acceptors (Lipinski definition) is 7. The predicted octanol–water partition coefficient (Wildman–Crippen LogP) is 5.77. The van der Waals surface area contributed by atoms with E-state index >= 15 is 0 Å². The monoisotopic (exact) mass is 678 g/mol. The minimum atomic E-state index is -0.561. The van der Waals surface area contributed by atoms with Crippen LogP contribution in [0.25, 0.3) is 10.8 Å². The Morgan fingerprint density at radius 2 is 1.70 bits per heavy atom. The fraction of sp³-hybridized carbons (Fsp3) is 0.463. The number of anilines is 1. The van der Waals surface area contributed by atoms with Crippen LogP contribution in [0, 0.1) is 11.8 Å². The number of benzene rings is 3. The maximum Gasteiger partial charge on any atom is 0.330 e. The Kier molecular flexibility index (Phi) is 11.6. The smallest absolute Gasteiger partial charge is 0.330 e. The first-order valence-corrected chi connectivity index (χ1v) is 18.3. The molecule has 1 saturated heterocycles. The number of nitrogens with one attached hydrogen (secondary N) is 2. The Morgan fingerprint density at radius 3 is 2.48 bits per heavy atom. The number of aryl methyl sites for hydroxylation is 1. The van der Waals surface area contributed by atoms with Gasteiger partial charge in [-0.2, -0.15) is 0 Å². The molecule has 264 valence electrons. The summed E-state index contributed by atoms with van der Waals surface area (Å²) in [6.07, 6.45) is 8.69. The number of carbonyl (C=O) groups is 4. The first-order chi connectivity index (χ1) is 24.3. The van der Waals surface area contributed by atoms with Crippen LogP contribution in [0.4, 0.5) is 5.69 Å². The average molecular weight is 679 g/mol. The molecule has 3 aromatic carbocycles. The third-order valence-electron chi connectivity index (χ3n) is 10.6. The standard InChI is InChI=1S/C41H50N4O5/c1-28(35-12-6-8-30-7-3-4-11-36(30)35)42-41(49)37-26-34(45-23-21-44(22-24-45)27-29-13-14-29)17-15-31(37)16-19-39(47)43-33-10-5-9-32(25-33)38(46)18-20-40(48)50-2/h3-4,6-8,11-12,15,17-18,20,26,28-29,32-33H,5,9-10,13-14,16,19,21-25,27H2,1-2H3,(H,42,49)(H,43,47)/b20-18+/t28-,32?,33?/m1/s1. The molecule has 3 fully saturated rings. The van der Waals surface area contributed by atoms with Gasteiger partial charge < -0.3 is 20.3 Å². The summed E-state index contributed by atoms with van der Waals surface area (Å²) in [7, 11) is 1.28. The summed E-state index contributed by atoms with van der Waals surface area (Å²) < 4.78 is 4.59. The molecule has 3 aromatic rings. The summed E-state index contributed by atoms with van der Waals surface area (Å²) in [6, 6.07) is 20.2. The van der Waals surface area contributed by atoms with E-state index in [-0.39, 0.29) is 42.0 Å². The van der Waals surface area contributed by atoms with Crippen molar-refractivity contribution in [3.8, 4) is 0 Å². The number of hydrogen-bond donors (Lipinski definition) is 2. The Labute approximate surface area is 295 Å². The number of ether oxygens (including phenoxy) is 1. The van der Waals surface area contributed by atoms with Gasteiger partial charge in [0.2, 0.25) is 5.91 Å². The van der Waals surface area contributed by atoms with Crippen LogP contribution in [-0.4, -0.2) is 74.3 Å². The van der Waals surface area contributed by atoms with Gasteiger partial charge in [-0.15, -0.1) is 0 Å². The second-order valence-electron chi connectivity index (χ2n) is 14.2. The van der Waals surface area contributed by atoms with Crippen molar-refractivity contribution in [1.29, 1.82) is 0 Å². The van der Waals surface area contributed by atoms with Gasteiger partial charge in [0.15, 0.2) is 5.78 Å². The summed E-state index contributed by atoms with van der Waals surface area (Å²) in [5.74, 6) is -0.295. The van der Waals surface area contributed by atoms with E-state index in [1.807, 2.05) is 37.3 Å². The molecule has 1 heterocycles. The van der Waals surface area contributed by atoms with Gasteiger partial charge in [-0.3, -0.25) is 19.3 Å². The van der Waals surface area contributed by atoms with Crippen LogP contribution >= 0.6 is 0 Å². The minimum absolute atomic E-state index is 0.0976. The Balaban J connectivity index is 1.13. The molecule has 2 saturated carbocycles. The van der Waals surface area contributed by atoms with Crippen LogP contribution < -0.4 is 15.5 Å². The van der Waals surface area contributed by atoms with Crippen molar-refractivity contribution in [1.82, 2.24) is 15.5 Å². The lowest BCUT2D eigenvalue weighted by molar-refractivity contribution is -0.135. The van der Waals surface area contributed by atoms with Crippen molar-refractivity contribution in [2.45, 2.75) is 70.4 Å². The first kappa shape index (κ1) is 35.3. The van der Waals surface area contributed by atoms with Gasteiger partial charge >= 0.3 is 5.97 Å². The molecule has 0 bridgehead atoms. The second kappa shape index (κ2) is 16.5. The minimum Gasteiger partial charge on any atom is -0.466 e. The molecule has 50 heavy (non-hydrogen) atoms. The van der Waals surface area contributed by atoms with Crippen LogP contribution in [0.1, 0.15) is 79.4 Å². The highest BCUT2D eigenvalue weighted by Gasteiger charge is 2.29. The highest BCUT2D eigenvalue weighted by atomic mass is 16.5.